The Morgan fingerprint density at radius 2 is 2.00 bits per heavy atom. The molecule has 1 saturated carbocycles. The van der Waals surface area contributed by atoms with E-state index in [4.69, 9.17) is 5.11 Å². The Labute approximate surface area is 86.8 Å². The molecule has 0 aromatic rings. The molecule has 1 N–H and O–H groups in total. The fourth-order valence-electron chi connectivity index (χ4n) is 1.90. The lowest BCUT2D eigenvalue weighted by Gasteiger charge is -2.31. The summed E-state index contributed by atoms with van der Waals surface area (Å²) < 4.78 is 0. The highest BCUT2D eigenvalue weighted by Crippen LogP contribution is 2.39. The summed E-state index contributed by atoms with van der Waals surface area (Å²) in [6.07, 6.45) is 5.25. The quantitative estimate of drug-likeness (QED) is 0.759. The maximum absolute atomic E-state index is 11.1. The van der Waals surface area contributed by atoms with Crippen molar-refractivity contribution in [2.24, 2.45) is 5.41 Å². The first kappa shape index (κ1) is 10.6. The van der Waals surface area contributed by atoms with Crippen LogP contribution in [-0.4, -0.2) is 11.1 Å². The van der Waals surface area contributed by atoms with Crippen molar-refractivity contribution in [3.8, 4) is 10.8 Å². The van der Waals surface area contributed by atoms with Crippen molar-refractivity contribution in [1.29, 1.82) is 0 Å². The highest BCUT2D eigenvalue weighted by Gasteiger charge is 2.38. The molecule has 0 aliphatic heterocycles. The van der Waals surface area contributed by atoms with Crippen molar-refractivity contribution >= 4 is 21.9 Å². The van der Waals surface area contributed by atoms with E-state index in [0.29, 0.717) is 6.42 Å². The number of carboxylic acids is 1. The fourth-order valence-corrected chi connectivity index (χ4v) is 2.04. The predicted octanol–water partition coefficient (Wildman–Crippen LogP) is 2.77. The molecule has 3 heteroatoms. The van der Waals surface area contributed by atoms with Gasteiger partial charge in [0, 0.05) is 22.4 Å². The van der Waals surface area contributed by atoms with Crippen LogP contribution in [0, 0.1) is 16.2 Å². The fraction of sp³-hybridized carbons (Fsp3) is 0.700. The van der Waals surface area contributed by atoms with E-state index in [0.717, 1.165) is 32.1 Å². The Balaban J connectivity index is 2.70. The number of hydrogen-bond donors (Lipinski definition) is 1. The van der Waals surface area contributed by atoms with Crippen LogP contribution in [0.4, 0.5) is 0 Å². The Bertz CT molecular complexity index is 243. The summed E-state index contributed by atoms with van der Waals surface area (Å²) in [5, 5.41) is 9.13. The minimum atomic E-state index is -0.678. The molecule has 13 heavy (non-hydrogen) atoms. The summed E-state index contributed by atoms with van der Waals surface area (Å²) in [5.41, 5.74) is -0.557. The summed E-state index contributed by atoms with van der Waals surface area (Å²) >= 11 is 3.00. The standard InChI is InChI=1S/C10H13BrO2/c11-8-4-7-10(9(12)13)5-2-1-3-6-10/h1-3,5-7H2,(H,12,13). The maximum atomic E-state index is 11.1. The van der Waals surface area contributed by atoms with Gasteiger partial charge in [-0.1, -0.05) is 25.2 Å². The van der Waals surface area contributed by atoms with E-state index in [1.807, 2.05) is 0 Å². The monoisotopic (exact) mass is 244 g/mol. The van der Waals surface area contributed by atoms with Gasteiger partial charge >= 0.3 is 5.97 Å². The van der Waals surface area contributed by atoms with E-state index < -0.39 is 11.4 Å². The van der Waals surface area contributed by atoms with Gasteiger partial charge in [0.1, 0.15) is 0 Å². The number of aliphatic carboxylic acids is 1. The lowest BCUT2D eigenvalue weighted by atomic mass is 9.72. The van der Waals surface area contributed by atoms with Gasteiger partial charge in [0.25, 0.3) is 0 Å². The van der Waals surface area contributed by atoms with Gasteiger partial charge in [0.05, 0.1) is 5.41 Å². The summed E-state index contributed by atoms with van der Waals surface area (Å²) in [7, 11) is 0. The van der Waals surface area contributed by atoms with Crippen molar-refractivity contribution in [2.45, 2.75) is 38.5 Å². The first-order valence-electron chi connectivity index (χ1n) is 4.53. The molecule has 0 aromatic heterocycles. The summed E-state index contributed by atoms with van der Waals surface area (Å²) in [6.45, 7) is 0. The largest absolute Gasteiger partial charge is 0.481 e. The van der Waals surface area contributed by atoms with Gasteiger partial charge in [-0.05, 0) is 17.7 Å². The van der Waals surface area contributed by atoms with Gasteiger partial charge < -0.3 is 5.11 Å². The molecule has 0 heterocycles. The lowest BCUT2D eigenvalue weighted by molar-refractivity contribution is -0.150. The van der Waals surface area contributed by atoms with Crippen LogP contribution >= 0.6 is 15.9 Å². The van der Waals surface area contributed by atoms with Crippen LogP contribution in [0.15, 0.2) is 0 Å². The second-order valence-electron chi connectivity index (χ2n) is 3.59. The summed E-state index contributed by atoms with van der Waals surface area (Å²) in [6, 6.07) is 0. The average molecular weight is 245 g/mol. The first-order chi connectivity index (χ1) is 6.21. The summed E-state index contributed by atoms with van der Waals surface area (Å²) in [5.74, 6) is 2.15. The van der Waals surface area contributed by atoms with E-state index in [1.165, 1.54) is 0 Å². The highest BCUT2D eigenvalue weighted by molar-refractivity contribution is 9.12. The van der Waals surface area contributed by atoms with Gasteiger partial charge in [0.15, 0.2) is 0 Å². The zero-order chi connectivity index (χ0) is 9.73. The molecular formula is C10H13BrO2. The van der Waals surface area contributed by atoms with Crippen molar-refractivity contribution < 1.29 is 9.90 Å². The van der Waals surface area contributed by atoms with Gasteiger partial charge in [-0.15, -0.1) is 0 Å². The van der Waals surface area contributed by atoms with Crippen molar-refractivity contribution in [1.82, 2.24) is 0 Å². The maximum Gasteiger partial charge on any atom is 0.310 e. The Morgan fingerprint density at radius 3 is 2.46 bits per heavy atom. The van der Waals surface area contributed by atoms with Crippen LogP contribution in [0.3, 0.4) is 0 Å². The van der Waals surface area contributed by atoms with Crippen LogP contribution < -0.4 is 0 Å². The van der Waals surface area contributed by atoms with Crippen molar-refractivity contribution in [3.05, 3.63) is 0 Å². The van der Waals surface area contributed by atoms with E-state index in [9.17, 15) is 4.79 Å². The Kier molecular flexibility index (Phi) is 3.80. The minimum absolute atomic E-state index is 0.480. The van der Waals surface area contributed by atoms with E-state index >= 15 is 0 Å². The molecule has 0 radical (unpaired) electrons. The zero-order valence-corrected chi connectivity index (χ0v) is 9.06. The Hall–Kier alpha value is -0.490. The molecule has 0 spiro atoms. The number of carbonyl (C=O) groups is 1. The molecule has 1 rings (SSSR count). The van der Waals surface area contributed by atoms with Crippen LogP contribution in [0.5, 0.6) is 0 Å². The van der Waals surface area contributed by atoms with E-state index in [2.05, 4.69) is 26.7 Å². The molecule has 0 saturated heterocycles. The van der Waals surface area contributed by atoms with Crippen LogP contribution in [0.25, 0.3) is 0 Å². The Morgan fingerprint density at radius 1 is 1.38 bits per heavy atom. The van der Waals surface area contributed by atoms with Crippen LogP contribution in [0.2, 0.25) is 0 Å². The molecular weight excluding hydrogens is 232 g/mol. The molecule has 1 aliphatic rings. The topological polar surface area (TPSA) is 37.3 Å². The normalized spacial score (nSPS) is 20.1. The zero-order valence-electron chi connectivity index (χ0n) is 7.48. The highest BCUT2D eigenvalue weighted by atomic mass is 79.9. The third-order valence-corrected chi connectivity index (χ3v) is 3.04. The minimum Gasteiger partial charge on any atom is -0.481 e. The van der Waals surface area contributed by atoms with Gasteiger partial charge in [-0.3, -0.25) is 4.79 Å². The molecule has 1 fully saturated rings. The third-order valence-electron chi connectivity index (χ3n) is 2.76. The predicted molar refractivity (Wildman–Crippen MR) is 54.5 cm³/mol. The van der Waals surface area contributed by atoms with Gasteiger partial charge in [0.2, 0.25) is 0 Å². The number of rotatable bonds is 2. The smallest absolute Gasteiger partial charge is 0.310 e. The molecule has 1 aliphatic carbocycles. The molecule has 0 amide bonds. The number of halogens is 1. The molecule has 0 atom stereocenters. The van der Waals surface area contributed by atoms with Crippen molar-refractivity contribution in [3.63, 3.8) is 0 Å². The molecule has 72 valence electrons. The lowest BCUT2D eigenvalue weighted by Crippen LogP contribution is -2.32. The third kappa shape index (κ3) is 2.47. The molecule has 0 unspecified atom stereocenters. The van der Waals surface area contributed by atoms with Crippen molar-refractivity contribution in [2.75, 3.05) is 0 Å². The average Bonchev–Trinajstić information content (AvgIpc) is 2.16. The first-order valence-corrected chi connectivity index (χ1v) is 5.32. The van der Waals surface area contributed by atoms with Crippen LogP contribution in [0.1, 0.15) is 38.5 Å². The van der Waals surface area contributed by atoms with Crippen LogP contribution in [-0.2, 0) is 4.79 Å². The molecule has 2 nitrogen and oxygen atoms in total. The van der Waals surface area contributed by atoms with Gasteiger partial charge in [-0.25, -0.2) is 0 Å². The number of hydrogen-bond acceptors (Lipinski definition) is 1. The second kappa shape index (κ2) is 4.66. The second-order valence-corrected chi connectivity index (χ2v) is 3.99. The summed E-state index contributed by atoms with van der Waals surface area (Å²) in [4.78, 5) is 13.7. The molecule has 0 bridgehead atoms. The molecule has 0 aromatic carbocycles. The van der Waals surface area contributed by atoms with E-state index in [-0.39, 0.29) is 0 Å². The SMILES string of the molecule is O=C(O)C1(CC#CBr)CCCCC1. The van der Waals surface area contributed by atoms with E-state index in [1.54, 1.807) is 0 Å². The van der Waals surface area contributed by atoms with Gasteiger partial charge in [-0.2, -0.15) is 0 Å². The number of carboxylic acid groups (broad SMARTS) is 1.